The first-order valence-corrected chi connectivity index (χ1v) is 8.56. The number of carbonyl (C=O) groups excluding carboxylic acids is 1. The lowest BCUT2D eigenvalue weighted by Gasteiger charge is -2.23. The second-order valence-electron chi connectivity index (χ2n) is 5.81. The molecule has 0 bridgehead atoms. The van der Waals surface area contributed by atoms with E-state index in [0.29, 0.717) is 18.1 Å². The Hall–Kier alpha value is -2.43. The van der Waals surface area contributed by atoms with Gasteiger partial charge in [-0.3, -0.25) is 4.79 Å². The molecule has 0 unspecified atom stereocenters. The van der Waals surface area contributed by atoms with Crippen LogP contribution in [0.2, 0.25) is 0 Å². The van der Waals surface area contributed by atoms with E-state index in [1.807, 2.05) is 37.3 Å². The fourth-order valence-electron chi connectivity index (χ4n) is 2.58. The molecule has 5 nitrogen and oxygen atoms in total. The van der Waals surface area contributed by atoms with E-state index >= 15 is 0 Å². The molecule has 0 spiro atoms. The average Bonchev–Trinajstić information content (AvgIpc) is 2.60. The average molecular weight is 326 g/mol. The van der Waals surface area contributed by atoms with Crippen LogP contribution in [0.25, 0.3) is 0 Å². The highest BCUT2D eigenvalue weighted by atomic mass is 16.1. The smallest absolute Gasteiger partial charge is 0.270 e. The van der Waals surface area contributed by atoms with Crippen molar-refractivity contribution in [3.05, 3.63) is 53.5 Å². The van der Waals surface area contributed by atoms with Crippen molar-refractivity contribution >= 4 is 11.7 Å². The van der Waals surface area contributed by atoms with Crippen LogP contribution in [0.5, 0.6) is 0 Å². The van der Waals surface area contributed by atoms with Crippen molar-refractivity contribution in [2.45, 2.75) is 40.2 Å². The molecule has 0 saturated carbocycles. The highest BCUT2D eigenvalue weighted by Crippen LogP contribution is 2.14. The highest BCUT2D eigenvalue weighted by molar-refractivity contribution is 5.92. The summed E-state index contributed by atoms with van der Waals surface area (Å²) in [7, 11) is 0. The van der Waals surface area contributed by atoms with Gasteiger partial charge in [0.1, 0.15) is 17.3 Å². The van der Waals surface area contributed by atoms with E-state index in [0.717, 1.165) is 37.3 Å². The Bertz CT molecular complexity index is 652. The molecule has 0 radical (unpaired) electrons. The molecular weight excluding hydrogens is 300 g/mol. The van der Waals surface area contributed by atoms with E-state index in [4.69, 9.17) is 0 Å². The molecule has 0 fully saturated rings. The number of nitrogens with zero attached hydrogens (tertiary/aromatic N) is 3. The number of carbonyl (C=O) groups is 1. The molecule has 2 aromatic rings. The normalized spacial score (nSPS) is 10.5. The fraction of sp³-hybridized carbons (Fsp3) is 0.421. The fourth-order valence-corrected chi connectivity index (χ4v) is 2.58. The molecule has 1 heterocycles. The summed E-state index contributed by atoms with van der Waals surface area (Å²) in [6.45, 7) is 8.46. The molecule has 1 N–H and O–H groups in total. The molecule has 0 aliphatic carbocycles. The zero-order chi connectivity index (χ0) is 17.4. The Labute approximate surface area is 144 Å². The Morgan fingerprint density at radius 3 is 2.38 bits per heavy atom. The summed E-state index contributed by atoms with van der Waals surface area (Å²) < 4.78 is 0. The van der Waals surface area contributed by atoms with Crippen molar-refractivity contribution in [2.75, 3.05) is 18.0 Å². The van der Waals surface area contributed by atoms with Crippen LogP contribution in [0.1, 0.15) is 48.6 Å². The van der Waals surface area contributed by atoms with Gasteiger partial charge in [0.25, 0.3) is 5.91 Å². The Kier molecular flexibility index (Phi) is 6.73. The molecule has 5 heteroatoms. The van der Waals surface area contributed by atoms with Gasteiger partial charge in [0.2, 0.25) is 0 Å². The summed E-state index contributed by atoms with van der Waals surface area (Å²) >= 11 is 0. The number of nitrogens with one attached hydrogen (secondary N) is 1. The summed E-state index contributed by atoms with van der Waals surface area (Å²) in [6.07, 6.45) is 2.08. The first-order valence-electron chi connectivity index (χ1n) is 8.56. The first-order chi connectivity index (χ1) is 11.6. The van der Waals surface area contributed by atoms with Crippen molar-refractivity contribution in [1.29, 1.82) is 0 Å². The molecule has 0 aliphatic rings. The van der Waals surface area contributed by atoms with Crippen molar-refractivity contribution in [2.24, 2.45) is 0 Å². The van der Waals surface area contributed by atoms with E-state index < -0.39 is 0 Å². The Balaban J connectivity index is 2.12. The maximum atomic E-state index is 12.4. The van der Waals surface area contributed by atoms with Gasteiger partial charge in [-0.2, -0.15) is 0 Å². The molecule has 0 atom stereocenters. The standard InChI is InChI=1S/C19H26N4O/c1-4-11-23(12-5-2)18-13-17(21-15(3)22-18)19(24)20-14-16-9-7-6-8-10-16/h6-10,13H,4-5,11-12,14H2,1-3H3,(H,20,24). The minimum absolute atomic E-state index is 0.168. The predicted octanol–water partition coefficient (Wildman–Crippen LogP) is 3.34. The number of anilines is 1. The van der Waals surface area contributed by atoms with Gasteiger partial charge in [0.15, 0.2) is 0 Å². The van der Waals surface area contributed by atoms with Crippen molar-refractivity contribution < 1.29 is 4.79 Å². The monoisotopic (exact) mass is 326 g/mol. The number of aryl methyl sites for hydroxylation is 1. The zero-order valence-corrected chi connectivity index (χ0v) is 14.7. The number of amides is 1. The Morgan fingerprint density at radius 1 is 1.08 bits per heavy atom. The van der Waals surface area contributed by atoms with Gasteiger partial charge >= 0.3 is 0 Å². The summed E-state index contributed by atoms with van der Waals surface area (Å²) in [5, 5.41) is 2.92. The number of hydrogen-bond acceptors (Lipinski definition) is 4. The van der Waals surface area contributed by atoms with Gasteiger partial charge in [-0.15, -0.1) is 0 Å². The van der Waals surface area contributed by atoms with E-state index in [1.165, 1.54) is 0 Å². The predicted molar refractivity (Wildman–Crippen MR) is 97.2 cm³/mol. The summed E-state index contributed by atoms with van der Waals surface area (Å²) in [5.41, 5.74) is 1.49. The third kappa shape index (κ3) is 5.05. The SMILES string of the molecule is CCCN(CCC)c1cc(C(=O)NCc2ccccc2)nc(C)n1. The van der Waals surface area contributed by atoms with Crippen LogP contribution in [0.3, 0.4) is 0 Å². The minimum atomic E-state index is -0.168. The van der Waals surface area contributed by atoms with Gasteiger partial charge in [-0.1, -0.05) is 44.2 Å². The van der Waals surface area contributed by atoms with Crippen molar-refractivity contribution in [3.63, 3.8) is 0 Å². The molecule has 128 valence electrons. The van der Waals surface area contributed by atoms with Gasteiger partial charge < -0.3 is 10.2 Å². The quantitative estimate of drug-likeness (QED) is 0.808. The maximum absolute atomic E-state index is 12.4. The second-order valence-corrected chi connectivity index (χ2v) is 5.81. The zero-order valence-electron chi connectivity index (χ0n) is 14.7. The van der Waals surface area contributed by atoms with E-state index in [-0.39, 0.29) is 5.91 Å². The molecule has 1 amide bonds. The van der Waals surface area contributed by atoms with Gasteiger partial charge in [-0.05, 0) is 25.3 Å². The summed E-state index contributed by atoms with van der Waals surface area (Å²) in [5.74, 6) is 1.28. The number of rotatable bonds is 8. The summed E-state index contributed by atoms with van der Waals surface area (Å²) in [4.78, 5) is 23.5. The van der Waals surface area contributed by atoms with E-state index in [9.17, 15) is 4.79 Å². The molecule has 24 heavy (non-hydrogen) atoms. The molecule has 1 aromatic heterocycles. The van der Waals surface area contributed by atoms with Crippen LogP contribution < -0.4 is 10.2 Å². The Morgan fingerprint density at radius 2 is 1.75 bits per heavy atom. The van der Waals surface area contributed by atoms with Crippen molar-refractivity contribution in [3.8, 4) is 0 Å². The molecule has 0 aliphatic heterocycles. The van der Waals surface area contributed by atoms with Crippen LogP contribution in [0.15, 0.2) is 36.4 Å². The van der Waals surface area contributed by atoms with Crippen molar-refractivity contribution in [1.82, 2.24) is 15.3 Å². The lowest BCUT2D eigenvalue weighted by molar-refractivity contribution is 0.0945. The van der Waals surface area contributed by atoms with E-state index in [1.54, 1.807) is 6.07 Å². The first kappa shape index (κ1) is 17.9. The third-order valence-corrected chi connectivity index (χ3v) is 3.66. The maximum Gasteiger partial charge on any atom is 0.270 e. The molecule has 1 aromatic carbocycles. The second kappa shape index (κ2) is 9.01. The lowest BCUT2D eigenvalue weighted by atomic mass is 10.2. The van der Waals surface area contributed by atoms with Gasteiger partial charge in [0, 0.05) is 25.7 Å². The largest absolute Gasteiger partial charge is 0.357 e. The van der Waals surface area contributed by atoms with E-state index in [2.05, 4.69) is 34.0 Å². The lowest BCUT2D eigenvalue weighted by Crippen LogP contribution is -2.28. The van der Waals surface area contributed by atoms with Crippen LogP contribution >= 0.6 is 0 Å². The van der Waals surface area contributed by atoms with Gasteiger partial charge in [0.05, 0.1) is 0 Å². The third-order valence-electron chi connectivity index (χ3n) is 3.66. The molecular formula is C19H26N4O. The highest BCUT2D eigenvalue weighted by Gasteiger charge is 2.14. The molecule has 2 rings (SSSR count). The number of benzene rings is 1. The van der Waals surface area contributed by atoms with Crippen LogP contribution in [-0.2, 0) is 6.54 Å². The minimum Gasteiger partial charge on any atom is -0.357 e. The van der Waals surface area contributed by atoms with Crippen LogP contribution in [0, 0.1) is 6.92 Å². The number of aromatic nitrogens is 2. The summed E-state index contributed by atoms with van der Waals surface area (Å²) in [6, 6.07) is 11.6. The number of hydrogen-bond donors (Lipinski definition) is 1. The van der Waals surface area contributed by atoms with Crippen LogP contribution in [0.4, 0.5) is 5.82 Å². The van der Waals surface area contributed by atoms with Crippen LogP contribution in [-0.4, -0.2) is 29.0 Å². The van der Waals surface area contributed by atoms with Gasteiger partial charge in [-0.25, -0.2) is 9.97 Å². The topological polar surface area (TPSA) is 58.1 Å². The molecule has 0 saturated heterocycles.